The molecule has 0 saturated carbocycles. The number of fused-ring (bicyclic) bond motifs is 1. The van der Waals surface area contributed by atoms with Gasteiger partial charge in [0, 0.05) is 5.57 Å². The van der Waals surface area contributed by atoms with E-state index in [1.54, 1.807) is 7.11 Å². The number of hydrogen-bond donors (Lipinski definition) is 2. The number of ether oxygens (including phenoxy) is 1. The van der Waals surface area contributed by atoms with E-state index in [1.165, 1.54) is 0 Å². The molecule has 2 aromatic carbocycles. The quantitative estimate of drug-likeness (QED) is 0.833. The van der Waals surface area contributed by atoms with Crippen molar-refractivity contribution in [2.45, 2.75) is 19.4 Å². The van der Waals surface area contributed by atoms with Crippen LogP contribution >= 0.6 is 0 Å². The van der Waals surface area contributed by atoms with E-state index in [4.69, 9.17) is 4.74 Å². The van der Waals surface area contributed by atoms with Crippen LogP contribution < -0.4 is 15.6 Å². The van der Waals surface area contributed by atoms with Gasteiger partial charge in [0.25, 0.3) is 5.91 Å². The van der Waals surface area contributed by atoms with Crippen molar-refractivity contribution >= 4 is 22.8 Å². The van der Waals surface area contributed by atoms with E-state index < -0.39 is 5.54 Å². The molecule has 4 heteroatoms. The molecule has 0 aliphatic carbocycles. The third kappa shape index (κ3) is 2.38. The van der Waals surface area contributed by atoms with Crippen molar-refractivity contribution in [3.8, 4) is 5.75 Å². The number of hydrazine groups is 1. The van der Waals surface area contributed by atoms with Gasteiger partial charge in [0.2, 0.25) is 0 Å². The second-order valence-electron chi connectivity index (χ2n) is 5.70. The van der Waals surface area contributed by atoms with Crippen molar-refractivity contribution in [1.29, 1.82) is 0 Å². The minimum absolute atomic E-state index is 0.0834. The number of rotatable bonds is 2. The summed E-state index contributed by atoms with van der Waals surface area (Å²) in [5, 5.41) is 2.19. The summed E-state index contributed by atoms with van der Waals surface area (Å²) in [6.45, 7) is 3.95. The summed E-state index contributed by atoms with van der Waals surface area (Å²) in [7, 11) is 1.65. The first-order valence-electron chi connectivity index (χ1n) is 6.88. The van der Waals surface area contributed by atoms with Crippen LogP contribution in [0.1, 0.15) is 19.4 Å². The Kier molecular flexibility index (Phi) is 3.18. The smallest absolute Gasteiger partial charge is 0.263 e. The maximum Gasteiger partial charge on any atom is 0.263 e. The molecule has 1 amide bonds. The largest absolute Gasteiger partial charge is 0.497 e. The van der Waals surface area contributed by atoms with Gasteiger partial charge in [0.15, 0.2) is 0 Å². The highest BCUT2D eigenvalue weighted by atomic mass is 16.5. The zero-order valence-corrected chi connectivity index (χ0v) is 12.4. The Morgan fingerprint density at radius 1 is 1.19 bits per heavy atom. The van der Waals surface area contributed by atoms with E-state index in [2.05, 4.69) is 16.9 Å². The van der Waals surface area contributed by atoms with Crippen LogP contribution in [0.5, 0.6) is 5.75 Å². The van der Waals surface area contributed by atoms with Gasteiger partial charge in [0.1, 0.15) is 5.75 Å². The van der Waals surface area contributed by atoms with Crippen LogP contribution in [0.4, 0.5) is 0 Å². The highest BCUT2D eigenvalue weighted by Crippen LogP contribution is 2.28. The van der Waals surface area contributed by atoms with Crippen molar-refractivity contribution < 1.29 is 9.53 Å². The van der Waals surface area contributed by atoms with Crippen molar-refractivity contribution in [1.82, 2.24) is 10.9 Å². The van der Waals surface area contributed by atoms with Gasteiger partial charge in [-0.1, -0.05) is 24.3 Å². The molecule has 4 nitrogen and oxygen atoms in total. The highest BCUT2D eigenvalue weighted by Gasteiger charge is 2.34. The number of benzene rings is 2. The second kappa shape index (κ2) is 4.90. The van der Waals surface area contributed by atoms with Crippen molar-refractivity contribution in [2.24, 2.45) is 0 Å². The van der Waals surface area contributed by atoms with Crippen molar-refractivity contribution in [3.63, 3.8) is 0 Å². The van der Waals surface area contributed by atoms with Crippen molar-refractivity contribution in [2.75, 3.05) is 7.11 Å². The molecule has 0 radical (unpaired) electrons. The molecular weight excluding hydrogens is 264 g/mol. The van der Waals surface area contributed by atoms with Gasteiger partial charge in [0.05, 0.1) is 12.6 Å². The molecule has 0 unspecified atom stereocenters. The highest BCUT2D eigenvalue weighted by molar-refractivity contribution is 6.04. The lowest BCUT2D eigenvalue weighted by Crippen LogP contribution is -2.38. The average molecular weight is 282 g/mol. The number of nitrogens with one attached hydrogen (secondary N) is 2. The van der Waals surface area contributed by atoms with Crippen LogP contribution in [-0.2, 0) is 4.79 Å². The molecule has 2 N–H and O–H groups in total. The Labute approximate surface area is 123 Å². The van der Waals surface area contributed by atoms with Crippen LogP contribution in [-0.4, -0.2) is 18.6 Å². The number of carbonyl (C=O) groups excluding carboxylic acids is 1. The molecule has 0 aromatic heterocycles. The summed E-state index contributed by atoms with van der Waals surface area (Å²) < 4.78 is 5.30. The number of hydrogen-bond acceptors (Lipinski definition) is 3. The summed E-state index contributed by atoms with van der Waals surface area (Å²) >= 11 is 0. The summed E-state index contributed by atoms with van der Waals surface area (Å²) in [5.74, 6) is 0.724. The zero-order valence-electron chi connectivity index (χ0n) is 12.4. The predicted octanol–water partition coefficient (Wildman–Crippen LogP) is 2.64. The predicted molar refractivity (Wildman–Crippen MR) is 83.8 cm³/mol. The van der Waals surface area contributed by atoms with Crippen LogP contribution in [0.15, 0.2) is 42.0 Å². The van der Waals surface area contributed by atoms with Gasteiger partial charge < -0.3 is 4.74 Å². The molecule has 0 bridgehead atoms. The summed E-state index contributed by atoms with van der Waals surface area (Å²) in [5.41, 5.74) is 7.00. The van der Waals surface area contributed by atoms with E-state index in [0.29, 0.717) is 0 Å². The van der Waals surface area contributed by atoms with Crippen LogP contribution in [0.3, 0.4) is 0 Å². The van der Waals surface area contributed by atoms with Gasteiger partial charge in [-0.05, 0) is 48.4 Å². The summed E-state index contributed by atoms with van der Waals surface area (Å²) in [4.78, 5) is 12.0. The summed E-state index contributed by atoms with van der Waals surface area (Å²) in [6, 6.07) is 12.0. The minimum Gasteiger partial charge on any atom is -0.497 e. The summed E-state index contributed by atoms with van der Waals surface area (Å²) in [6.07, 6.45) is 1.94. The van der Waals surface area contributed by atoms with E-state index in [1.807, 2.05) is 50.3 Å². The molecule has 0 spiro atoms. The van der Waals surface area contributed by atoms with Crippen LogP contribution in [0.2, 0.25) is 0 Å². The van der Waals surface area contributed by atoms with Gasteiger partial charge >= 0.3 is 0 Å². The fourth-order valence-corrected chi connectivity index (χ4v) is 2.56. The third-order valence-corrected chi connectivity index (χ3v) is 3.83. The van der Waals surface area contributed by atoms with Gasteiger partial charge in [-0.15, -0.1) is 0 Å². The zero-order chi connectivity index (χ0) is 15.0. The SMILES string of the molecule is COc1ccc2cccc(/C=C3\C(=O)NNC3(C)C)c2c1. The average Bonchev–Trinajstić information content (AvgIpc) is 2.74. The van der Waals surface area contributed by atoms with E-state index in [0.717, 1.165) is 27.7 Å². The molecule has 21 heavy (non-hydrogen) atoms. The fraction of sp³-hybridized carbons (Fsp3) is 0.235. The third-order valence-electron chi connectivity index (χ3n) is 3.83. The van der Waals surface area contributed by atoms with Crippen LogP contribution in [0, 0.1) is 0 Å². The van der Waals surface area contributed by atoms with Gasteiger partial charge in [-0.2, -0.15) is 0 Å². The van der Waals surface area contributed by atoms with Gasteiger partial charge in [-0.25, -0.2) is 5.43 Å². The lowest BCUT2D eigenvalue weighted by molar-refractivity contribution is -0.116. The molecule has 1 heterocycles. The topological polar surface area (TPSA) is 50.4 Å². The minimum atomic E-state index is -0.391. The fourth-order valence-electron chi connectivity index (χ4n) is 2.56. The Balaban J connectivity index is 2.18. The van der Waals surface area contributed by atoms with E-state index in [-0.39, 0.29) is 5.91 Å². The standard InChI is InChI=1S/C17H18N2O2/c1-17(2)15(16(20)18-19-17)9-12-6-4-5-11-7-8-13(21-3)10-14(11)12/h4-10,19H,1-3H3,(H,18,20)/b15-9+. The Bertz CT molecular complexity index is 748. The lowest BCUT2D eigenvalue weighted by Gasteiger charge is -2.17. The van der Waals surface area contributed by atoms with Crippen LogP contribution in [0.25, 0.3) is 16.8 Å². The Hall–Kier alpha value is -2.33. The van der Waals surface area contributed by atoms with E-state index in [9.17, 15) is 4.79 Å². The molecule has 2 aromatic rings. The first-order valence-corrected chi connectivity index (χ1v) is 6.88. The molecule has 0 atom stereocenters. The Morgan fingerprint density at radius 3 is 2.67 bits per heavy atom. The molecule has 1 aliphatic rings. The van der Waals surface area contributed by atoms with Crippen molar-refractivity contribution in [3.05, 3.63) is 47.5 Å². The number of amides is 1. The molecule has 1 fully saturated rings. The number of methoxy groups -OCH3 is 1. The Morgan fingerprint density at radius 2 is 2.00 bits per heavy atom. The maximum atomic E-state index is 12.0. The van der Waals surface area contributed by atoms with Gasteiger partial charge in [-0.3, -0.25) is 10.2 Å². The molecule has 1 aliphatic heterocycles. The first kappa shape index (κ1) is 13.6. The maximum absolute atomic E-state index is 12.0. The molecular formula is C17H18N2O2. The first-order chi connectivity index (χ1) is 10.0. The lowest BCUT2D eigenvalue weighted by atomic mass is 9.92. The molecule has 3 rings (SSSR count). The number of carbonyl (C=O) groups is 1. The normalized spacial score (nSPS) is 19.0. The second-order valence-corrected chi connectivity index (χ2v) is 5.70. The monoisotopic (exact) mass is 282 g/mol. The molecule has 1 saturated heterocycles. The molecule has 108 valence electrons. The van der Waals surface area contributed by atoms with E-state index >= 15 is 0 Å².